The van der Waals surface area contributed by atoms with Crippen LogP contribution >= 0.6 is 0 Å². The topological polar surface area (TPSA) is 97.1 Å². The fourth-order valence-corrected chi connectivity index (χ4v) is 5.19. The zero-order valence-corrected chi connectivity index (χ0v) is 20.1. The highest BCUT2D eigenvalue weighted by atomic mass is 16.6. The van der Waals surface area contributed by atoms with E-state index < -0.39 is 0 Å². The van der Waals surface area contributed by atoms with Crippen LogP contribution < -0.4 is 15.8 Å². The molecule has 2 aromatic rings. The quantitative estimate of drug-likeness (QED) is 0.620. The van der Waals surface area contributed by atoms with Crippen molar-refractivity contribution in [1.82, 2.24) is 15.1 Å². The molecule has 35 heavy (non-hydrogen) atoms. The van der Waals surface area contributed by atoms with Crippen LogP contribution in [-0.2, 0) is 22.5 Å². The molecule has 0 aromatic heterocycles. The monoisotopic (exact) mass is 478 g/mol. The van der Waals surface area contributed by atoms with E-state index in [2.05, 4.69) is 5.32 Å². The van der Waals surface area contributed by atoms with E-state index in [4.69, 9.17) is 15.2 Å². The van der Waals surface area contributed by atoms with Crippen LogP contribution in [0.15, 0.2) is 48.5 Å². The number of nitrogens with one attached hydrogen (secondary N) is 1. The number of amides is 2. The lowest BCUT2D eigenvalue weighted by molar-refractivity contribution is -0.132. The number of nitrogens with two attached hydrogens (primary N) is 1. The van der Waals surface area contributed by atoms with Gasteiger partial charge in [0, 0.05) is 51.0 Å². The number of piperidine rings is 2. The summed E-state index contributed by atoms with van der Waals surface area (Å²) in [6.45, 7) is 4.35. The number of likely N-dealkylation sites (tertiary alicyclic amines) is 1. The summed E-state index contributed by atoms with van der Waals surface area (Å²) in [4.78, 5) is 29.0. The van der Waals surface area contributed by atoms with Crippen molar-refractivity contribution in [2.45, 2.75) is 50.4 Å². The van der Waals surface area contributed by atoms with E-state index in [0.29, 0.717) is 32.6 Å². The Balaban J connectivity index is 1.08. The van der Waals surface area contributed by atoms with Crippen molar-refractivity contribution in [3.05, 3.63) is 59.7 Å². The van der Waals surface area contributed by atoms with Crippen LogP contribution in [0.5, 0.6) is 5.75 Å². The van der Waals surface area contributed by atoms with Gasteiger partial charge in [0.1, 0.15) is 17.5 Å². The van der Waals surface area contributed by atoms with Crippen LogP contribution in [0.4, 0.5) is 10.5 Å². The summed E-state index contributed by atoms with van der Waals surface area (Å²) in [5.41, 5.74) is 8.15. The molecule has 0 unspecified atom stereocenters. The van der Waals surface area contributed by atoms with Gasteiger partial charge in [-0.15, -0.1) is 0 Å². The molecule has 0 atom stereocenters. The average molecular weight is 479 g/mol. The molecule has 3 fully saturated rings. The molecule has 1 spiro atoms. The van der Waals surface area contributed by atoms with Gasteiger partial charge in [0.15, 0.2) is 0 Å². The molecule has 3 aliphatic heterocycles. The summed E-state index contributed by atoms with van der Waals surface area (Å²) in [5.74, 6) is 0.955. The Hall–Kier alpha value is -3.26. The van der Waals surface area contributed by atoms with E-state index in [-0.39, 0.29) is 23.7 Å². The molecule has 5 rings (SSSR count). The molecule has 0 radical (unpaired) electrons. The molecule has 0 saturated carbocycles. The maximum atomic E-state index is 12.8. The molecule has 0 aliphatic carbocycles. The number of rotatable bonds is 6. The molecule has 186 valence electrons. The van der Waals surface area contributed by atoms with Gasteiger partial charge in [-0.25, -0.2) is 4.79 Å². The molecule has 0 bridgehead atoms. The van der Waals surface area contributed by atoms with Crippen LogP contribution in [0.25, 0.3) is 0 Å². The van der Waals surface area contributed by atoms with E-state index in [1.165, 1.54) is 0 Å². The zero-order valence-electron chi connectivity index (χ0n) is 20.1. The zero-order chi connectivity index (χ0) is 24.3. The Kier molecular flexibility index (Phi) is 6.81. The standard InChI is InChI=1S/C27H34N4O4/c28-22-5-7-23(8-6-22)34-24-9-15-30(16-10-24)25(32)17-20-1-3-21(4-2-20)18-31-19-27(35-26(31)33)11-13-29-14-12-27/h1-8,24,29H,9-19,28H2. The van der Waals surface area contributed by atoms with Crippen molar-refractivity contribution < 1.29 is 19.1 Å². The SMILES string of the molecule is Nc1ccc(OC2CCN(C(=O)Cc3ccc(CN4CC5(CCNCC5)OC4=O)cc3)CC2)cc1. The van der Waals surface area contributed by atoms with Crippen molar-refractivity contribution >= 4 is 17.7 Å². The highest BCUT2D eigenvalue weighted by Crippen LogP contribution is 2.32. The number of carbonyl (C=O) groups is 2. The van der Waals surface area contributed by atoms with Crippen LogP contribution in [0.3, 0.4) is 0 Å². The summed E-state index contributed by atoms with van der Waals surface area (Å²) in [6, 6.07) is 15.4. The van der Waals surface area contributed by atoms with E-state index >= 15 is 0 Å². The maximum Gasteiger partial charge on any atom is 0.410 e. The van der Waals surface area contributed by atoms with Gasteiger partial charge in [0.05, 0.1) is 13.0 Å². The average Bonchev–Trinajstić information content (AvgIpc) is 3.16. The minimum atomic E-state index is -0.331. The summed E-state index contributed by atoms with van der Waals surface area (Å²) in [6.07, 6.45) is 3.63. The Morgan fingerprint density at radius 3 is 2.37 bits per heavy atom. The first-order valence-electron chi connectivity index (χ1n) is 12.5. The number of carbonyl (C=O) groups excluding carboxylic acids is 2. The van der Waals surface area contributed by atoms with Gasteiger partial charge >= 0.3 is 6.09 Å². The summed E-state index contributed by atoms with van der Waals surface area (Å²) in [5, 5.41) is 3.32. The Labute approximate surface area is 206 Å². The van der Waals surface area contributed by atoms with Gasteiger partial charge in [-0.1, -0.05) is 24.3 Å². The van der Waals surface area contributed by atoms with Gasteiger partial charge in [0.2, 0.25) is 5.91 Å². The van der Waals surface area contributed by atoms with Gasteiger partial charge < -0.3 is 25.4 Å². The van der Waals surface area contributed by atoms with Crippen LogP contribution in [-0.4, -0.2) is 66.2 Å². The number of nitrogens with zero attached hydrogens (tertiary/aromatic N) is 2. The van der Waals surface area contributed by atoms with E-state index in [1.807, 2.05) is 53.4 Å². The first-order valence-corrected chi connectivity index (χ1v) is 12.5. The molecule has 2 aromatic carbocycles. The summed E-state index contributed by atoms with van der Waals surface area (Å²) in [7, 11) is 0. The highest BCUT2D eigenvalue weighted by Gasteiger charge is 2.45. The molecule has 8 nitrogen and oxygen atoms in total. The van der Waals surface area contributed by atoms with Crippen LogP contribution in [0.1, 0.15) is 36.8 Å². The fourth-order valence-electron chi connectivity index (χ4n) is 5.19. The second-order valence-corrected chi connectivity index (χ2v) is 9.92. The Bertz CT molecular complexity index is 1030. The van der Waals surface area contributed by atoms with Crippen molar-refractivity contribution in [2.24, 2.45) is 0 Å². The molecule has 3 N–H and O–H groups in total. The summed E-state index contributed by atoms with van der Waals surface area (Å²) >= 11 is 0. The second kappa shape index (κ2) is 10.2. The molecule has 3 aliphatic rings. The van der Waals surface area contributed by atoms with Gasteiger partial charge in [-0.05, 0) is 48.5 Å². The third kappa shape index (κ3) is 5.70. The van der Waals surface area contributed by atoms with Gasteiger partial charge in [-0.2, -0.15) is 0 Å². The van der Waals surface area contributed by atoms with E-state index in [9.17, 15) is 9.59 Å². The fraction of sp³-hybridized carbons (Fsp3) is 0.481. The third-order valence-electron chi connectivity index (χ3n) is 7.29. The van der Waals surface area contributed by atoms with E-state index in [0.717, 1.165) is 61.3 Å². The van der Waals surface area contributed by atoms with Crippen molar-refractivity contribution in [3.8, 4) is 5.75 Å². The van der Waals surface area contributed by atoms with Crippen molar-refractivity contribution in [1.29, 1.82) is 0 Å². The molecule has 2 amide bonds. The Morgan fingerprint density at radius 2 is 1.69 bits per heavy atom. The third-order valence-corrected chi connectivity index (χ3v) is 7.29. The first-order chi connectivity index (χ1) is 17.0. The van der Waals surface area contributed by atoms with Crippen LogP contribution in [0, 0.1) is 0 Å². The summed E-state index contributed by atoms with van der Waals surface area (Å²) < 4.78 is 11.8. The number of hydrogen-bond acceptors (Lipinski definition) is 6. The van der Waals surface area contributed by atoms with Crippen molar-refractivity contribution in [2.75, 3.05) is 38.5 Å². The van der Waals surface area contributed by atoms with E-state index in [1.54, 1.807) is 4.90 Å². The lowest BCUT2D eigenvalue weighted by Crippen LogP contribution is -2.44. The predicted molar refractivity (Wildman–Crippen MR) is 133 cm³/mol. The molecule has 8 heteroatoms. The highest BCUT2D eigenvalue weighted by molar-refractivity contribution is 5.79. The maximum absolute atomic E-state index is 12.8. The lowest BCUT2D eigenvalue weighted by atomic mass is 9.92. The second-order valence-electron chi connectivity index (χ2n) is 9.92. The number of hydrogen-bond donors (Lipinski definition) is 2. The van der Waals surface area contributed by atoms with Gasteiger partial charge in [0.25, 0.3) is 0 Å². The van der Waals surface area contributed by atoms with Gasteiger partial charge in [-0.3, -0.25) is 9.69 Å². The first kappa shape index (κ1) is 23.5. The number of ether oxygens (including phenoxy) is 2. The normalized spacial score (nSPS) is 20.2. The predicted octanol–water partition coefficient (Wildman–Crippen LogP) is 2.96. The Morgan fingerprint density at radius 1 is 1.03 bits per heavy atom. The number of benzene rings is 2. The number of nitrogen functional groups attached to an aromatic ring is 1. The smallest absolute Gasteiger partial charge is 0.410 e. The van der Waals surface area contributed by atoms with Crippen LogP contribution in [0.2, 0.25) is 0 Å². The molecule has 3 heterocycles. The molecular weight excluding hydrogens is 444 g/mol. The van der Waals surface area contributed by atoms with Crippen molar-refractivity contribution in [3.63, 3.8) is 0 Å². The molecular formula is C27H34N4O4. The largest absolute Gasteiger partial charge is 0.490 e. The molecule has 3 saturated heterocycles. The minimum Gasteiger partial charge on any atom is -0.490 e. The number of anilines is 1. The lowest BCUT2D eigenvalue weighted by Gasteiger charge is -2.32. The minimum absolute atomic E-state index is 0.114.